The Bertz CT molecular complexity index is 638. The average Bonchev–Trinajstić information content (AvgIpc) is 2.56. The van der Waals surface area contributed by atoms with E-state index in [0.717, 1.165) is 19.4 Å². The highest BCUT2D eigenvalue weighted by Gasteiger charge is 2.22. The van der Waals surface area contributed by atoms with Gasteiger partial charge < -0.3 is 15.4 Å². The van der Waals surface area contributed by atoms with Crippen LogP contribution in [-0.2, 0) is 0 Å². The average molecular weight is 370 g/mol. The number of piperidine rings is 1. The lowest BCUT2D eigenvalue weighted by Crippen LogP contribution is -2.45. The van der Waals surface area contributed by atoms with Gasteiger partial charge in [0.05, 0.1) is 6.20 Å². The van der Waals surface area contributed by atoms with E-state index in [1.54, 1.807) is 36.7 Å². The van der Waals surface area contributed by atoms with E-state index < -0.39 is 0 Å². The van der Waals surface area contributed by atoms with Crippen LogP contribution in [0.25, 0.3) is 0 Å². The number of likely N-dealkylation sites (tertiary alicyclic amines) is 1. The van der Waals surface area contributed by atoms with Crippen molar-refractivity contribution in [1.29, 1.82) is 0 Å². The number of hydrogen-bond donors (Lipinski definition) is 1. The second-order valence-electron chi connectivity index (χ2n) is 5.47. The zero-order chi connectivity index (χ0) is 15.4. The van der Waals surface area contributed by atoms with Gasteiger partial charge in [-0.05, 0) is 49.2 Å². The number of benzene rings is 1. The van der Waals surface area contributed by atoms with Crippen molar-refractivity contribution < 1.29 is 9.53 Å². The van der Waals surface area contributed by atoms with Gasteiger partial charge in [0.15, 0.2) is 0 Å². The molecule has 1 aromatic carbocycles. The smallest absolute Gasteiger partial charge is 0.253 e. The predicted octanol–water partition coefficient (Wildman–Crippen LogP) is 3.28. The SMILES string of the molecule is Cl.Cl.NC1CCCN(C(=O)c2ccc(Oc3cccnc3)cc2)C1. The zero-order valence-electron chi connectivity index (χ0n) is 13.1. The molecule has 1 atom stereocenters. The molecule has 0 saturated carbocycles. The van der Waals surface area contributed by atoms with E-state index >= 15 is 0 Å². The molecule has 0 radical (unpaired) electrons. The maximum absolute atomic E-state index is 12.4. The monoisotopic (exact) mass is 369 g/mol. The van der Waals surface area contributed by atoms with Gasteiger partial charge in [-0.15, -0.1) is 24.8 Å². The number of carbonyl (C=O) groups excluding carboxylic acids is 1. The van der Waals surface area contributed by atoms with Gasteiger partial charge in [-0.3, -0.25) is 9.78 Å². The Hall–Kier alpha value is -1.82. The van der Waals surface area contributed by atoms with Crippen LogP contribution in [0.4, 0.5) is 0 Å². The lowest BCUT2D eigenvalue weighted by Gasteiger charge is -2.30. The van der Waals surface area contributed by atoms with Crippen molar-refractivity contribution in [2.75, 3.05) is 13.1 Å². The van der Waals surface area contributed by atoms with Gasteiger partial charge in [0.2, 0.25) is 0 Å². The molecule has 130 valence electrons. The van der Waals surface area contributed by atoms with Crippen molar-refractivity contribution in [3.63, 3.8) is 0 Å². The molecule has 1 aliphatic heterocycles. The fraction of sp³-hybridized carbons (Fsp3) is 0.294. The standard InChI is InChI=1S/C17H19N3O2.2ClH/c18-14-3-2-10-20(12-14)17(21)13-5-7-15(8-6-13)22-16-4-1-9-19-11-16;;/h1,4-9,11,14H,2-3,10,12,18H2;2*1H. The van der Waals surface area contributed by atoms with Crippen molar-refractivity contribution >= 4 is 30.7 Å². The van der Waals surface area contributed by atoms with E-state index in [4.69, 9.17) is 10.5 Å². The molecule has 1 amide bonds. The fourth-order valence-corrected chi connectivity index (χ4v) is 2.59. The van der Waals surface area contributed by atoms with Gasteiger partial charge in [0, 0.05) is 30.9 Å². The van der Waals surface area contributed by atoms with Crippen molar-refractivity contribution in [3.8, 4) is 11.5 Å². The van der Waals surface area contributed by atoms with Gasteiger partial charge in [-0.2, -0.15) is 0 Å². The summed E-state index contributed by atoms with van der Waals surface area (Å²) in [5.41, 5.74) is 6.59. The third-order valence-electron chi connectivity index (χ3n) is 3.72. The molecule has 1 unspecified atom stereocenters. The van der Waals surface area contributed by atoms with Crippen molar-refractivity contribution in [3.05, 3.63) is 54.4 Å². The molecule has 0 spiro atoms. The van der Waals surface area contributed by atoms with E-state index in [1.807, 2.05) is 17.0 Å². The molecule has 2 heterocycles. The number of hydrogen-bond acceptors (Lipinski definition) is 4. The van der Waals surface area contributed by atoms with E-state index in [2.05, 4.69) is 4.98 Å². The summed E-state index contributed by atoms with van der Waals surface area (Å²) < 4.78 is 5.67. The van der Waals surface area contributed by atoms with E-state index in [0.29, 0.717) is 23.6 Å². The highest BCUT2D eigenvalue weighted by molar-refractivity contribution is 5.94. The highest BCUT2D eigenvalue weighted by Crippen LogP contribution is 2.21. The van der Waals surface area contributed by atoms with Crippen LogP contribution in [-0.4, -0.2) is 34.9 Å². The molecule has 3 rings (SSSR count). The number of carbonyl (C=O) groups is 1. The number of amides is 1. The number of nitrogens with zero attached hydrogens (tertiary/aromatic N) is 2. The maximum Gasteiger partial charge on any atom is 0.253 e. The zero-order valence-corrected chi connectivity index (χ0v) is 14.8. The van der Waals surface area contributed by atoms with Gasteiger partial charge in [0.25, 0.3) is 5.91 Å². The largest absolute Gasteiger partial charge is 0.456 e. The minimum absolute atomic E-state index is 0. The molecule has 7 heteroatoms. The van der Waals surface area contributed by atoms with Crippen molar-refractivity contribution in [2.45, 2.75) is 18.9 Å². The summed E-state index contributed by atoms with van der Waals surface area (Å²) in [6, 6.07) is 10.9. The Morgan fingerprint density at radius 1 is 1.17 bits per heavy atom. The van der Waals surface area contributed by atoms with Gasteiger partial charge in [-0.25, -0.2) is 0 Å². The van der Waals surface area contributed by atoms with Crippen molar-refractivity contribution in [2.24, 2.45) is 5.73 Å². The minimum Gasteiger partial charge on any atom is -0.456 e. The molecule has 24 heavy (non-hydrogen) atoms. The summed E-state index contributed by atoms with van der Waals surface area (Å²) >= 11 is 0. The topological polar surface area (TPSA) is 68.5 Å². The summed E-state index contributed by atoms with van der Waals surface area (Å²) in [6.07, 6.45) is 5.29. The summed E-state index contributed by atoms with van der Waals surface area (Å²) in [5, 5.41) is 0. The molecule has 1 saturated heterocycles. The summed E-state index contributed by atoms with van der Waals surface area (Å²) in [6.45, 7) is 1.41. The van der Waals surface area contributed by atoms with Crippen LogP contribution in [0, 0.1) is 0 Å². The fourth-order valence-electron chi connectivity index (χ4n) is 2.59. The molecule has 1 fully saturated rings. The second-order valence-corrected chi connectivity index (χ2v) is 5.47. The highest BCUT2D eigenvalue weighted by atomic mass is 35.5. The number of aromatic nitrogens is 1. The van der Waals surface area contributed by atoms with E-state index in [1.165, 1.54) is 0 Å². The van der Waals surface area contributed by atoms with Crippen LogP contribution < -0.4 is 10.5 Å². The van der Waals surface area contributed by atoms with Crippen LogP contribution in [0.1, 0.15) is 23.2 Å². The third kappa shape index (κ3) is 5.09. The molecule has 5 nitrogen and oxygen atoms in total. The van der Waals surface area contributed by atoms with Gasteiger partial charge >= 0.3 is 0 Å². The Morgan fingerprint density at radius 2 is 1.92 bits per heavy atom. The van der Waals surface area contributed by atoms with Crippen LogP contribution in [0.5, 0.6) is 11.5 Å². The molecular formula is C17H21Cl2N3O2. The summed E-state index contributed by atoms with van der Waals surface area (Å²) in [7, 11) is 0. The predicted molar refractivity (Wildman–Crippen MR) is 98.4 cm³/mol. The van der Waals surface area contributed by atoms with Crippen molar-refractivity contribution in [1.82, 2.24) is 9.88 Å². The maximum atomic E-state index is 12.4. The molecule has 0 aliphatic carbocycles. The quantitative estimate of drug-likeness (QED) is 0.900. The molecule has 1 aliphatic rings. The Kier molecular flexibility index (Phi) is 7.98. The first-order chi connectivity index (χ1) is 10.7. The summed E-state index contributed by atoms with van der Waals surface area (Å²) in [4.78, 5) is 18.3. The molecular weight excluding hydrogens is 349 g/mol. The normalized spacial score (nSPS) is 16.5. The van der Waals surface area contributed by atoms with Gasteiger partial charge in [0.1, 0.15) is 11.5 Å². The van der Waals surface area contributed by atoms with Crippen LogP contribution in [0.3, 0.4) is 0 Å². The van der Waals surface area contributed by atoms with Gasteiger partial charge in [-0.1, -0.05) is 0 Å². The first kappa shape index (κ1) is 20.2. The number of ether oxygens (including phenoxy) is 1. The molecule has 2 aromatic rings. The minimum atomic E-state index is 0. The Morgan fingerprint density at radius 3 is 2.54 bits per heavy atom. The molecule has 0 bridgehead atoms. The van der Waals surface area contributed by atoms with E-state index in [9.17, 15) is 4.79 Å². The first-order valence-electron chi connectivity index (χ1n) is 7.45. The van der Waals surface area contributed by atoms with Crippen LogP contribution >= 0.6 is 24.8 Å². The Balaban J connectivity index is 0.00000144. The van der Waals surface area contributed by atoms with Crippen LogP contribution in [0.2, 0.25) is 0 Å². The third-order valence-corrected chi connectivity index (χ3v) is 3.72. The number of nitrogens with two attached hydrogens (primary N) is 1. The molecule has 2 N–H and O–H groups in total. The second kappa shape index (κ2) is 9.47. The van der Waals surface area contributed by atoms with Crippen LogP contribution in [0.15, 0.2) is 48.8 Å². The lowest BCUT2D eigenvalue weighted by atomic mass is 10.1. The first-order valence-corrected chi connectivity index (χ1v) is 7.45. The number of rotatable bonds is 3. The lowest BCUT2D eigenvalue weighted by molar-refractivity contribution is 0.0709. The number of pyridine rings is 1. The Labute approximate surface area is 154 Å². The summed E-state index contributed by atoms with van der Waals surface area (Å²) in [5.74, 6) is 1.38. The van der Waals surface area contributed by atoms with E-state index in [-0.39, 0.29) is 36.8 Å². The molecule has 1 aromatic heterocycles. The number of halogens is 2.